The number of primary amides is 1. The van der Waals surface area contributed by atoms with Crippen LogP contribution in [0, 0.1) is 0 Å². The molecular formula is C24H24N2O3. The minimum Gasteiger partial charge on any atom is -0.366 e. The minimum absolute atomic E-state index is 0.102. The van der Waals surface area contributed by atoms with Crippen molar-refractivity contribution in [2.75, 3.05) is 0 Å². The van der Waals surface area contributed by atoms with Gasteiger partial charge in [0.15, 0.2) is 0 Å². The van der Waals surface area contributed by atoms with Crippen LogP contribution in [0.15, 0.2) is 71.7 Å². The van der Waals surface area contributed by atoms with Gasteiger partial charge in [0.2, 0.25) is 5.91 Å². The molecule has 148 valence electrons. The quantitative estimate of drug-likeness (QED) is 0.744. The number of pyridine rings is 1. The van der Waals surface area contributed by atoms with E-state index >= 15 is 0 Å². The predicted molar refractivity (Wildman–Crippen MR) is 112 cm³/mol. The lowest BCUT2D eigenvalue weighted by Gasteiger charge is -2.38. The molecule has 1 aliphatic rings. The number of fused-ring (bicyclic) bond motifs is 1. The van der Waals surface area contributed by atoms with Crippen LogP contribution in [0.5, 0.6) is 0 Å². The summed E-state index contributed by atoms with van der Waals surface area (Å²) in [5, 5.41) is 0. The Balaban J connectivity index is 1.80. The molecule has 1 unspecified atom stereocenters. The number of hydrogen-bond donors (Lipinski definition) is 1. The van der Waals surface area contributed by atoms with Crippen LogP contribution in [0.25, 0.3) is 0 Å². The zero-order valence-electron chi connectivity index (χ0n) is 16.6. The molecule has 0 aliphatic carbocycles. The Kier molecular flexibility index (Phi) is 4.84. The molecule has 0 fully saturated rings. The summed E-state index contributed by atoms with van der Waals surface area (Å²) in [6.45, 7) is 4.50. The van der Waals surface area contributed by atoms with E-state index in [1.807, 2.05) is 56.3 Å². The number of nitrogens with two attached hydrogens (primary N) is 1. The van der Waals surface area contributed by atoms with E-state index in [9.17, 15) is 9.59 Å². The lowest BCUT2D eigenvalue weighted by atomic mass is 9.85. The Labute approximate surface area is 169 Å². The normalized spacial score (nSPS) is 17.5. The van der Waals surface area contributed by atoms with E-state index in [2.05, 4.69) is 0 Å². The van der Waals surface area contributed by atoms with Crippen LogP contribution in [-0.4, -0.2) is 16.1 Å². The van der Waals surface area contributed by atoms with Crippen molar-refractivity contribution in [2.24, 2.45) is 5.73 Å². The third-order valence-electron chi connectivity index (χ3n) is 5.29. The zero-order valence-corrected chi connectivity index (χ0v) is 16.6. The van der Waals surface area contributed by atoms with Gasteiger partial charge in [-0.15, -0.1) is 0 Å². The van der Waals surface area contributed by atoms with Crippen molar-refractivity contribution in [1.29, 1.82) is 0 Å². The van der Waals surface area contributed by atoms with E-state index in [1.54, 1.807) is 29.0 Å². The van der Waals surface area contributed by atoms with Gasteiger partial charge in [0.1, 0.15) is 6.10 Å². The van der Waals surface area contributed by atoms with Crippen LogP contribution >= 0.6 is 0 Å². The average molecular weight is 388 g/mol. The summed E-state index contributed by atoms with van der Waals surface area (Å²) in [5.74, 6) is -0.495. The van der Waals surface area contributed by atoms with Crippen LogP contribution in [0.4, 0.5) is 0 Å². The third-order valence-corrected chi connectivity index (χ3v) is 5.29. The van der Waals surface area contributed by atoms with Crippen molar-refractivity contribution >= 4 is 5.91 Å². The second-order valence-electron chi connectivity index (χ2n) is 8.09. The number of nitrogens with zero attached hydrogens (tertiary/aromatic N) is 1. The number of rotatable bonds is 4. The van der Waals surface area contributed by atoms with E-state index in [-0.39, 0.29) is 5.56 Å². The number of amides is 1. The molecule has 0 spiro atoms. The van der Waals surface area contributed by atoms with Crippen LogP contribution in [0.1, 0.15) is 52.6 Å². The number of carbonyl (C=O) groups excluding carboxylic acids is 1. The van der Waals surface area contributed by atoms with Gasteiger partial charge in [0.25, 0.3) is 5.56 Å². The smallest absolute Gasteiger partial charge is 0.257 e. The summed E-state index contributed by atoms with van der Waals surface area (Å²) in [6, 6.07) is 18.9. The Hall–Kier alpha value is -3.18. The van der Waals surface area contributed by atoms with Gasteiger partial charge in [-0.1, -0.05) is 36.4 Å². The molecule has 0 saturated carbocycles. The van der Waals surface area contributed by atoms with Gasteiger partial charge in [-0.2, -0.15) is 0 Å². The first-order valence-corrected chi connectivity index (χ1v) is 9.68. The standard InChI is InChI=1S/C24H24N2O3/c1-24(2)14-18-11-10-17(22(25)27)13-20(18)21(29-24)19-9-6-12-26(23(19)28)15-16-7-4-3-5-8-16/h3-13,21H,14-15H2,1-2H3,(H2,25,27). The fraction of sp³-hybridized carbons (Fsp3) is 0.250. The van der Waals surface area contributed by atoms with Gasteiger partial charge in [-0.05, 0) is 54.8 Å². The lowest BCUT2D eigenvalue weighted by molar-refractivity contribution is -0.0675. The molecular weight excluding hydrogens is 364 g/mol. The number of benzene rings is 2. The van der Waals surface area contributed by atoms with Crippen LogP contribution < -0.4 is 11.3 Å². The van der Waals surface area contributed by atoms with E-state index in [1.165, 1.54) is 0 Å². The Morgan fingerprint density at radius 3 is 2.59 bits per heavy atom. The van der Waals surface area contributed by atoms with Gasteiger partial charge < -0.3 is 15.0 Å². The van der Waals surface area contributed by atoms with Crippen molar-refractivity contribution in [3.05, 3.63) is 105 Å². The molecule has 2 aromatic carbocycles. The fourth-order valence-corrected chi connectivity index (χ4v) is 3.93. The van der Waals surface area contributed by atoms with E-state index in [4.69, 9.17) is 10.5 Å². The van der Waals surface area contributed by atoms with Crippen LogP contribution in [0.2, 0.25) is 0 Å². The Morgan fingerprint density at radius 2 is 1.86 bits per heavy atom. The molecule has 2 heterocycles. The maximum Gasteiger partial charge on any atom is 0.257 e. The molecule has 5 nitrogen and oxygen atoms in total. The SMILES string of the molecule is CC1(C)Cc2ccc(C(N)=O)cc2C(c2cccn(Cc3ccccc3)c2=O)O1. The van der Waals surface area contributed by atoms with E-state index in [0.29, 0.717) is 24.1 Å². The summed E-state index contributed by atoms with van der Waals surface area (Å²) in [4.78, 5) is 25.0. The van der Waals surface area contributed by atoms with Gasteiger partial charge in [0, 0.05) is 18.2 Å². The van der Waals surface area contributed by atoms with Gasteiger partial charge in [-0.25, -0.2) is 0 Å². The summed E-state index contributed by atoms with van der Waals surface area (Å²) in [5.41, 5.74) is 8.86. The third kappa shape index (κ3) is 3.87. The van der Waals surface area contributed by atoms with Crippen molar-refractivity contribution in [1.82, 2.24) is 4.57 Å². The van der Waals surface area contributed by atoms with Gasteiger partial charge in [0.05, 0.1) is 17.7 Å². The van der Waals surface area contributed by atoms with Crippen molar-refractivity contribution < 1.29 is 9.53 Å². The summed E-state index contributed by atoms with van der Waals surface area (Å²) >= 11 is 0. The first kappa shape index (κ1) is 19.2. The highest BCUT2D eigenvalue weighted by molar-refractivity contribution is 5.93. The van der Waals surface area contributed by atoms with Gasteiger partial charge >= 0.3 is 0 Å². The largest absolute Gasteiger partial charge is 0.366 e. The molecule has 3 aromatic rings. The van der Waals surface area contributed by atoms with Crippen LogP contribution in [0.3, 0.4) is 0 Å². The molecule has 1 atom stereocenters. The van der Waals surface area contributed by atoms with Crippen molar-refractivity contribution in [2.45, 2.75) is 38.5 Å². The summed E-state index contributed by atoms with van der Waals surface area (Å²) < 4.78 is 8.03. The lowest BCUT2D eigenvalue weighted by Crippen LogP contribution is -2.38. The molecule has 5 heteroatoms. The fourth-order valence-electron chi connectivity index (χ4n) is 3.93. The second kappa shape index (κ2) is 7.33. The molecule has 0 radical (unpaired) electrons. The molecule has 29 heavy (non-hydrogen) atoms. The van der Waals surface area contributed by atoms with Crippen molar-refractivity contribution in [3.63, 3.8) is 0 Å². The zero-order chi connectivity index (χ0) is 20.6. The second-order valence-corrected chi connectivity index (χ2v) is 8.09. The van der Waals surface area contributed by atoms with Crippen LogP contribution in [-0.2, 0) is 17.7 Å². The predicted octanol–water partition coefficient (Wildman–Crippen LogP) is 3.44. The molecule has 1 amide bonds. The highest BCUT2D eigenvalue weighted by Crippen LogP contribution is 2.39. The van der Waals surface area contributed by atoms with E-state index < -0.39 is 17.6 Å². The molecule has 1 aromatic heterocycles. The number of aromatic nitrogens is 1. The Morgan fingerprint density at radius 1 is 1.10 bits per heavy atom. The first-order chi connectivity index (χ1) is 13.8. The molecule has 1 aliphatic heterocycles. The summed E-state index contributed by atoms with van der Waals surface area (Å²) in [7, 11) is 0. The number of hydrogen-bond acceptors (Lipinski definition) is 3. The average Bonchev–Trinajstić information content (AvgIpc) is 2.69. The summed E-state index contributed by atoms with van der Waals surface area (Å²) in [6.07, 6.45) is 1.93. The maximum absolute atomic E-state index is 13.3. The number of ether oxygens (including phenoxy) is 1. The molecule has 4 rings (SSSR count). The monoisotopic (exact) mass is 388 g/mol. The molecule has 2 N–H and O–H groups in total. The van der Waals surface area contributed by atoms with Gasteiger partial charge in [-0.3, -0.25) is 9.59 Å². The van der Waals surface area contributed by atoms with E-state index in [0.717, 1.165) is 16.7 Å². The Bertz CT molecular complexity index is 1120. The molecule has 0 saturated heterocycles. The maximum atomic E-state index is 13.3. The van der Waals surface area contributed by atoms with Crippen molar-refractivity contribution in [3.8, 4) is 0 Å². The first-order valence-electron chi connectivity index (χ1n) is 9.68. The number of carbonyl (C=O) groups is 1. The topological polar surface area (TPSA) is 74.3 Å². The highest BCUT2D eigenvalue weighted by atomic mass is 16.5. The molecule has 0 bridgehead atoms. The minimum atomic E-state index is -0.552. The highest BCUT2D eigenvalue weighted by Gasteiger charge is 2.35.